The smallest absolute Gasteiger partial charge is 0.261 e. The van der Waals surface area contributed by atoms with Crippen LogP contribution in [0.3, 0.4) is 0 Å². The van der Waals surface area contributed by atoms with Gasteiger partial charge in [0.2, 0.25) is 0 Å². The van der Waals surface area contributed by atoms with Crippen molar-refractivity contribution in [3.05, 3.63) is 88.2 Å². The summed E-state index contributed by atoms with van der Waals surface area (Å²) in [5, 5.41) is 0.870. The Balaban J connectivity index is 1.37. The summed E-state index contributed by atoms with van der Waals surface area (Å²) in [5.41, 5.74) is 1.83. The molecule has 0 radical (unpaired) electrons. The molecule has 1 fully saturated rings. The minimum absolute atomic E-state index is 0.188. The number of para-hydroxylation sites is 1. The number of piperazine rings is 1. The summed E-state index contributed by atoms with van der Waals surface area (Å²) in [5.74, 6) is -0.188. The molecule has 4 rings (SSSR count). The van der Waals surface area contributed by atoms with E-state index in [9.17, 15) is 9.59 Å². The lowest BCUT2D eigenvalue weighted by Gasteiger charge is -2.34. The summed E-state index contributed by atoms with van der Waals surface area (Å²) in [6.45, 7) is 3.72. The molecule has 0 saturated carbocycles. The number of benzene rings is 2. The number of hydrogen-bond acceptors (Lipinski definition) is 3. The van der Waals surface area contributed by atoms with Crippen LogP contribution in [0.5, 0.6) is 0 Å². The number of aromatic nitrogens is 1. The van der Waals surface area contributed by atoms with Gasteiger partial charge in [-0.15, -0.1) is 0 Å². The largest absolute Gasteiger partial charge is 0.336 e. The Labute approximate surface area is 163 Å². The third-order valence-corrected chi connectivity index (χ3v) is 5.12. The van der Waals surface area contributed by atoms with Gasteiger partial charge in [0.15, 0.2) is 0 Å². The van der Waals surface area contributed by atoms with E-state index in [0.717, 1.165) is 30.5 Å². The van der Waals surface area contributed by atoms with Crippen LogP contribution in [0.15, 0.2) is 71.5 Å². The first kappa shape index (κ1) is 18.2. The van der Waals surface area contributed by atoms with Crippen LogP contribution in [0.1, 0.15) is 15.9 Å². The Hall–Kier alpha value is -3.18. The highest BCUT2D eigenvalue weighted by Gasteiger charge is 2.23. The molecule has 1 aliphatic rings. The number of fused-ring (bicyclic) bond motifs is 1. The van der Waals surface area contributed by atoms with Gasteiger partial charge < -0.3 is 9.88 Å². The predicted molar refractivity (Wildman–Crippen MR) is 112 cm³/mol. The third-order valence-electron chi connectivity index (χ3n) is 5.12. The Kier molecular flexibility index (Phi) is 5.35. The van der Waals surface area contributed by atoms with Gasteiger partial charge in [0, 0.05) is 38.2 Å². The molecule has 1 aliphatic heterocycles. The summed E-state index contributed by atoms with van der Waals surface area (Å²) >= 11 is 0. The lowest BCUT2D eigenvalue weighted by atomic mass is 10.1. The molecule has 0 atom stereocenters. The second-order valence-electron chi connectivity index (χ2n) is 7.01. The molecule has 1 aromatic heterocycles. The fourth-order valence-corrected chi connectivity index (χ4v) is 3.51. The topological polar surface area (TPSA) is 56.4 Å². The Morgan fingerprint density at radius 2 is 1.68 bits per heavy atom. The van der Waals surface area contributed by atoms with Crippen LogP contribution in [-0.4, -0.2) is 53.4 Å². The summed E-state index contributed by atoms with van der Waals surface area (Å²) in [6, 6.07) is 19.4. The first-order chi connectivity index (χ1) is 13.7. The van der Waals surface area contributed by atoms with Crippen molar-refractivity contribution in [1.29, 1.82) is 0 Å². The van der Waals surface area contributed by atoms with Crippen LogP contribution in [0.4, 0.5) is 0 Å². The monoisotopic (exact) mass is 373 g/mol. The average molecular weight is 373 g/mol. The van der Waals surface area contributed by atoms with E-state index in [1.54, 1.807) is 11.0 Å². The zero-order valence-corrected chi connectivity index (χ0v) is 15.7. The van der Waals surface area contributed by atoms with E-state index in [1.165, 1.54) is 5.56 Å². The third kappa shape index (κ3) is 4.05. The van der Waals surface area contributed by atoms with Gasteiger partial charge in [-0.3, -0.25) is 14.5 Å². The minimum atomic E-state index is -0.322. The standard InChI is InChI=1S/C23H23N3O2/c27-22-20(17-19-10-4-5-11-21(19)24-22)23(28)26-15-13-25(14-16-26)12-6-9-18-7-2-1-3-8-18/h1-11,17H,12-16H2,(H,24,27)/b9-6+. The molecular formula is C23H23N3O2. The van der Waals surface area contributed by atoms with Gasteiger partial charge in [0.1, 0.15) is 5.56 Å². The molecule has 2 aromatic carbocycles. The highest BCUT2D eigenvalue weighted by molar-refractivity contribution is 5.97. The van der Waals surface area contributed by atoms with Crippen LogP contribution in [0.2, 0.25) is 0 Å². The van der Waals surface area contributed by atoms with Gasteiger partial charge in [-0.05, 0) is 23.1 Å². The maximum Gasteiger partial charge on any atom is 0.261 e. The zero-order chi connectivity index (χ0) is 19.3. The lowest BCUT2D eigenvalue weighted by Crippen LogP contribution is -2.49. The SMILES string of the molecule is O=C(c1cc2ccccc2[nH]c1=O)N1CCN(C/C=C/c2ccccc2)CC1. The van der Waals surface area contributed by atoms with E-state index >= 15 is 0 Å². The average Bonchev–Trinajstić information content (AvgIpc) is 2.74. The molecule has 1 saturated heterocycles. The van der Waals surface area contributed by atoms with Crippen molar-refractivity contribution < 1.29 is 4.79 Å². The van der Waals surface area contributed by atoms with Crippen LogP contribution in [0.25, 0.3) is 17.0 Å². The number of H-pyrrole nitrogens is 1. The summed E-state index contributed by atoms with van der Waals surface area (Å²) in [4.78, 5) is 32.1. The van der Waals surface area contributed by atoms with Crippen molar-refractivity contribution in [1.82, 2.24) is 14.8 Å². The minimum Gasteiger partial charge on any atom is -0.336 e. The van der Waals surface area contributed by atoms with Crippen molar-refractivity contribution in [2.75, 3.05) is 32.7 Å². The van der Waals surface area contributed by atoms with Crippen LogP contribution in [-0.2, 0) is 0 Å². The van der Waals surface area contributed by atoms with Crippen molar-refractivity contribution in [3.8, 4) is 0 Å². The van der Waals surface area contributed by atoms with E-state index in [-0.39, 0.29) is 17.0 Å². The van der Waals surface area contributed by atoms with Gasteiger partial charge in [-0.1, -0.05) is 60.7 Å². The molecule has 0 bridgehead atoms. The van der Waals surface area contributed by atoms with Crippen LogP contribution in [0, 0.1) is 0 Å². The molecular weight excluding hydrogens is 350 g/mol. The molecule has 5 nitrogen and oxygen atoms in total. The molecule has 2 heterocycles. The number of amides is 1. The van der Waals surface area contributed by atoms with Crippen molar-refractivity contribution in [2.45, 2.75) is 0 Å². The second-order valence-corrected chi connectivity index (χ2v) is 7.01. The van der Waals surface area contributed by atoms with Gasteiger partial charge in [0.05, 0.1) is 0 Å². The summed E-state index contributed by atoms with van der Waals surface area (Å²) in [7, 11) is 0. The second kappa shape index (κ2) is 8.23. The predicted octanol–water partition coefficient (Wildman–Crippen LogP) is 3.00. The Morgan fingerprint density at radius 1 is 0.964 bits per heavy atom. The van der Waals surface area contributed by atoms with E-state index in [0.29, 0.717) is 13.1 Å². The normalized spacial score (nSPS) is 15.4. The van der Waals surface area contributed by atoms with Crippen molar-refractivity contribution in [3.63, 3.8) is 0 Å². The van der Waals surface area contributed by atoms with Crippen molar-refractivity contribution >= 4 is 22.9 Å². The summed E-state index contributed by atoms with van der Waals surface area (Å²) < 4.78 is 0. The van der Waals surface area contributed by atoms with Crippen molar-refractivity contribution in [2.24, 2.45) is 0 Å². The number of nitrogens with zero attached hydrogens (tertiary/aromatic N) is 2. The van der Waals surface area contributed by atoms with Gasteiger partial charge in [-0.2, -0.15) is 0 Å². The summed E-state index contributed by atoms with van der Waals surface area (Å²) in [6.07, 6.45) is 4.27. The fourth-order valence-electron chi connectivity index (χ4n) is 3.51. The van der Waals surface area contributed by atoms with E-state index in [1.807, 2.05) is 42.5 Å². The van der Waals surface area contributed by atoms with Gasteiger partial charge in [0.25, 0.3) is 11.5 Å². The number of aromatic amines is 1. The first-order valence-electron chi connectivity index (χ1n) is 9.56. The zero-order valence-electron chi connectivity index (χ0n) is 15.7. The molecule has 1 N–H and O–H groups in total. The molecule has 0 aliphatic carbocycles. The molecule has 0 spiro atoms. The molecule has 5 heteroatoms. The molecule has 3 aromatic rings. The van der Waals surface area contributed by atoms with Gasteiger partial charge >= 0.3 is 0 Å². The number of hydrogen-bond donors (Lipinski definition) is 1. The van der Waals surface area contributed by atoms with E-state index in [2.05, 4.69) is 34.2 Å². The molecule has 0 unspecified atom stereocenters. The van der Waals surface area contributed by atoms with E-state index < -0.39 is 0 Å². The van der Waals surface area contributed by atoms with Gasteiger partial charge in [-0.25, -0.2) is 0 Å². The highest BCUT2D eigenvalue weighted by Crippen LogP contribution is 2.13. The number of pyridine rings is 1. The number of carbonyl (C=O) groups excluding carboxylic acids is 1. The van der Waals surface area contributed by atoms with Crippen LogP contribution >= 0.6 is 0 Å². The Bertz CT molecular complexity index is 1050. The molecule has 142 valence electrons. The fraction of sp³-hybridized carbons (Fsp3) is 0.217. The quantitative estimate of drug-likeness (QED) is 0.765. The molecule has 28 heavy (non-hydrogen) atoms. The highest BCUT2D eigenvalue weighted by atomic mass is 16.2. The maximum absolute atomic E-state index is 12.8. The number of carbonyl (C=O) groups is 1. The maximum atomic E-state index is 12.8. The Morgan fingerprint density at radius 3 is 2.46 bits per heavy atom. The lowest BCUT2D eigenvalue weighted by molar-refractivity contribution is 0.0648. The molecule has 1 amide bonds. The number of rotatable bonds is 4. The first-order valence-corrected chi connectivity index (χ1v) is 9.56. The van der Waals surface area contributed by atoms with Crippen LogP contribution < -0.4 is 5.56 Å². The number of nitrogens with one attached hydrogen (secondary N) is 1. The van der Waals surface area contributed by atoms with E-state index in [4.69, 9.17) is 0 Å².